The minimum atomic E-state index is -3.77. The first-order valence-electron chi connectivity index (χ1n) is 8.95. The van der Waals surface area contributed by atoms with Crippen molar-refractivity contribution in [3.05, 3.63) is 30.3 Å². The van der Waals surface area contributed by atoms with Crippen molar-refractivity contribution < 1.29 is 18.3 Å². The van der Waals surface area contributed by atoms with Gasteiger partial charge in [-0.05, 0) is 44.2 Å². The summed E-state index contributed by atoms with van der Waals surface area (Å²) < 4.78 is 26.9. The molecular weight excluding hydrogens is 354 g/mol. The number of carbonyl (C=O) groups excluding carboxylic acids is 1. The van der Waals surface area contributed by atoms with Crippen LogP contribution >= 0.6 is 0 Å². The Balaban J connectivity index is 2.04. The minimum absolute atomic E-state index is 0.0162. The van der Waals surface area contributed by atoms with E-state index in [-0.39, 0.29) is 24.0 Å². The molecule has 2 atom stereocenters. The molecule has 1 unspecified atom stereocenters. The van der Waals surface area contributed by atoms with Crippen molar-refractivity contribution in [2.75, 3.05) is 13.1 Å². The van der Waals surface area contributed by atoms with Crippen LogP contribution in [-0.2, 0) is 14.8 Å². The van der Waals surface area contributed by atoms with Crippen LogP contribution in [0.1, 0.15) is 38.8 Å². The number of hydrogen-bond donors (Lipinski definition) is 2. The van der Waals surface area contributed by atoms with Crippen LogP contribution in [-0.4, -0.2) is 54.0 Å². The Morgan fingerprint density at radius 2 is 2.19 bits per heavy atom. The molecule has 1 aromatic heterocycles. The largest absolute Gasteiger partial charge is 0.390 e. The van der Waals surface area contributed by atoms with E-state index in [2.05, 4.69) is 10.3 Å². The quantitative estimate of drug-likeness (QED) is 0.772. The van der Waals surface area contributed by atoms with E-state index in [9.17, 15) is 18.3 Å². The first-order valence-corrected chi connectivity index (χ1v) is 10.4. The van der Waals surface area contributed by atoms with E-state index >= 15 is 0 Å². The molecule has 1 aliphatic rings. The summed E-state index contributed by atoms with van der Waals surface area (Å²) in [5, 5.41) is 13.2. The van der Waals surface area contributed by atoms with Crippen LogP contribution in [0.3, 0.4) is 0 Å². The maximum absolute atomic E-state index is 12.8. The van der Waals surface area contributed by atoms with Gasteiger partial charge in [0.25, 0.3) is 10.0 Å². The average Bonchev–Trinajstić information content (AvgIpc) is 2.75. The Hall–Kier alpha value is -1.51. The van der Waals surface area contributed by atoms with Crippen molar-refractivity contribution in [3.63, 3.8) is 0 Å². The molecule has 1 fully saturated rings. The number of hydrogen-bond acceptors (Lipinski definition) is 5. The highest BCUT2D eigenvalue weighted by Crippen LogP contribution is 2.20. The fourth-order valence-electron chi connectivity index (χ4n) is 2.87. The fraction of sp³-hybridized carbons (Fsp3) is 0.611. The summed E-state index contributed by atoms with van der Waals surface area (Å²) in [6.45, 7) is 6.00. The lowest BCUT2D eigenvalue weighted by Gasteiger charge is -2.25. The lowest BCUT2D eigenvalue weighted by Crippen LogP contribution is -2.47. The van der Waals surface area contributed by atoms with Crippen LogP contribution in [0.25, 0.3) is 0 Å². The van der Waals surface area contributed by atoms with Crippen LogP contribution in [0.15, 0.2) is 23.2 Å². The van der Waals surface area contributed by atoms with Gasteiger partial charge in [0.15, 0.2) is 5.03 Å². The molecule has 2 rings (SSSR count). The summed E-state index contributed by atoms with van der Waals surface area (Å²) in [6, 6.07) is 4.38. The number of rotatable bonds is 6. The number of carbonyl (C=O) groups is 1. The molecule has 1 saturated heterocycles. The topological polar surface area (TPSA) is 99.6 Å². The zero-order valence-corrected chi connectivity index (χ0v) is 16.4. The van der Waals surface area contributed by atoms with Crippen LogP contribution < -0.4 is 5.32 Å². The van der Waals surface area contributed by atoms with Gasteiger partial charge in [-0.2, -0.15) is 4.31 Å². The standard InChI is InChI=1S/C18H28N3O4S/c1-13(2)9-10-17(23)20-15-7-5-11-21(12-16(15)22)26(24,25)18-8-4-6-14(3)19-18/h4,6,8,10,13,15-16,22H,5,7,9,11-12H2,1-3H3,(H,20,23)/t15?,16-/m0/s1. The molecule has 1 radical (unpaired) electrons. The third-order valence-corrected chi connectivity index (χ3v) is 6.11. The van der Waals surface area contributed by atoms with Gasteiger partial charge < -0.3 is 10.4 Å². The summed E-state index contributed by atoms with van der Waals surface area (Å²) in [7, 11) is -3.77. The molecule has 1 aliphatic heterocycles. The third kappa shape index (κ3) is 5.49. The number of aliphatic hydroxyl groups excluding tert-OH is 1. The van der Waals surface area contributed by atoms with Crippen LogP contribution in [0, 0.1) is 19.3 Å². The van der Waals surface area contributed by atoms with Crippen LogP contribution in [0.4, 0.5) is 0 Å². The molecule has 145 valence electrons. The Kier molecular flexibility index (Phi) is 7.14. The smallest absolute Gasteiger partial charge is 0.260 e. The van der Waals surface area contributed by atoms with Gasteiger partial charge in [0.1, 0.15) is 0 Å². The number of pyridine rings is 1. The molecule has 0 aromatic carbocycles. The SMILES string of the molecule is Cc1cccc(S(=O)(=O)N2CCCC(NC(=O)[CH]CC(C)C)[C@@H](O)C2)n1. The van der Waals surface area contributed by atoms with Crippen molar-refractivity contribution in [2.24, 2.45) is 5.92 Å². The molecule has 2 N–H and O–H groups in total. The molecule has 1 aromatic rings. The van der Waals surface area contributed by atoms with Gasteiger partial charge in [-0.15, -0.1) is 0 Å². The molecule has 1 amide bonds. The Bertz CT molecular complexity index is 721. The van der Waals surface area contributed by atoms with E-state index in [1.807, 2.05) is 13.8 Å². The minimum Gasteiger partial charge on any atom is -0.390 e. The van der Waals surface area contributed by atoms with E-state index < -0.39 is 22.2 Å². The van der Waals surface area contributed by atoms with Crippen molar-refractivity contribution in [3.8, 4) is 0 Å². The average molecular weight is 383 g/mol. The molecule has 2 heterocycles. The second-order valence-electron chi connectivity index (χ2n) is 7.14. The Morgan fingerprint density at radius 1 is 1.46 bits per heavy atom. The number of aliphatic hydroxyl groups is 1. The second-order valence-corrected chi connectivity index (χ2v) is 9.02. The highest BCUT2D eigenvalue weighted by Gasteiger charge is 2.33. The van der Waals surface area contributed by atoms with E-state index in [4.69, 9.17) is 0 Å². The van der Waals surface area contributed by atoms with Gasteiger partial charge in [-0.1, -0.05) is 19.9 Å². The van der Waals surface area contributed by atoms with Crippen molar-refractivity contribution in [2.45, 2.75) is 57.2 Å². The second kappa shape index (κ2) is 8.92. The summed E-state index contributed by atoms with van der Waals surface area (Å²) >= 11 is 0. The van der Waals surface area contributed by atoms with Crippen molar-refractivity contribution in [1.82, 2.24) is 14.6 Å². The number of aromatic nitrogens is 1. The van der Waals surface area contributed by atoms with E-state index in [0.29, 0.717) is 30.9 Å². The lowest BCUT2D eigenvalue weighted by molar-refractivity contribution is -0.119. The first kappa shape index (κ1) is 20.8. The Labute approximate surface area is 155 Å². The highest BCUT2D eigenvalue weighted by atomic mass is 32.2. The molecule has 0 bridgehead atoms. The predicted molar refractivity (Wildman–Crippen MR) is 98.7 cm³/mol. The number of β-amino-alcohol motifs (C(OH)–C–C–N with tert-alkyl or cyclic N) is 1. The van der Waals surface area contributed by atoms with E-state index in [1.54, 1.807) is 25.5 Å². The summed E-state index contributed by atoms with van der Waals surface area (Å²) in [5.74, 6) is 0.154. The normalized spacial score (nSPS) is 22.2. The third-order valence-electron chi connectivity index (χ3n) is 4.35. The summed E-state index contributed by atoms with van der Waals surface area (Å²) in [4.78, 5) is 16.1. The van der Waals surface area contributed by atoms with Gasteiger partial charge in [0, 0.05) is 25.2 Å². The van der Waals surface area contributed by atoms with E-state index in [1.165, 1.54) is 10.4 Å². The van der Waals surface area contributed by atoms with Gasteiger partial charge in [0.2, 0.25) is 5.91 Å². The monoisotopic (exact) mass is 382 g/mol. The maximum atomic E-state index is 12.8. The fourth-order valence-corrected chi connectivity index (χ4v) is 4.37. The maximum Gasteiger partial charge on any atom is 0.260 e. The molecule has 8 heteroatoms. The molecular formula is C18H28N3O4S. The zero-order chi connectivity index (χ0) is 19.3. The molecule has 0 saturated carbocycles. The van der Waals surface area contributed by atoms with Gasteiger partial charge in [0.05, 0.1) is 12.1 Å². The number of nitrogens with zero attached hydrogens (tertiary/aromatic N) is 2. The summed E-state index contributed by atoms with van der Waals surface area (Å²) in [5.41, 5.74) is 0.618. The van der Waals surface area contributed by atoms with Gasteiger partial charge in [-0.25, -0.2) is 13.4 Å². The number of sulfonamides is 1. The molecule has 26 heavy (non-hydrogen) atoms. The first-order chi connectivity index (χ1) is 12.2. The molecule has 7 nitrogen and oxygen atoms in total. The zero-order valence-electron chi connectivity index (χ0n) is 15.6. The van der Waals surface area contributed by atoms with Crippen LogP contribution in [0.5, 0.6) is 0 Å². The van der Waals surface area contributed by atoms with Crippen molar-refractivity contribution in [1.29, 1.82) is 0 Å². The van der Waals surface area contributed by atoms with Crippen LogP contribution in [0.2, 0.25) is 0 Å². The molecule has 0 aliphatic carbocycles. The Morgan fingerprint density at radius 3 is 2.85 bits per heavy atom. The van der Waals surface area contributed by atoms with Gasteiger partial charge >= 0.3 is 0 Å². The summed E-state index contributed by atoms with van der Waals surface area (Å²) in [6.07, 6.45) is 2.35. The highest BCUT2D eigenvalue weighted by molar-refractivity contribution is 7.89. The van der Waals surface area contributed by atoms with Crippen molar-refractivity contribution >= 4 is 15.9 Å². The number of aryl methyl sites for hydroxylation is 1. The molecule has 0 spiro atoms. The van der Waals surface area contributed by atoms with E-state index in [0.717, 1.165) is 0 Å². The lowest BCUT2D eigenvalue weighted by atomic mass is 10.0. The van der Waals surface area contributed by atoms with Gasteiger partial charge in [-0.3, -0.25) is 4.79 Å². The number of amides is 1. The number of nitrogens with one attached hydrogen (secondary N) is 1. The predicted octanol–water partition coefficient (Wildman–Crippen LogP) is 1.27.